The Morgan fingerprint density at radius 3 is 2.89 bits per heavy atom. The number of benzene rings is 1. The van der Waals surface area contributed by atoms with Crippen molar-refractivity contribution in [3.63, 3.8) is 0 Å². The van der Waals surface area contributed by atoms with E-state index >= 15 is 0 Å². The third-order valence-electron chi connectivity index (χ3n) is 3.29. The number of halogens is 1. The Morgan fingerprint density at radius 2 is 2.17 bits per heavy atom. The lowest BCUT2D eigenvalue weighted by molar-refractivity contribution is -0.120. The molecule has 0 bridgehead atoms. The van der Waals surface area contributed by atoms with Gasteiger partial charge in [-0.3, -0.25) is 4.79 Å². The molecule has 3 nitrogen and oxygen atoms in total. The smallest absolute Gasteiger partial charge is 0.243 e. The van der Waals surface area contributed by atoms with Gasteiger partial charge in [-0.15, -0.1) is 0 Å². The van der Waals surface area contributed by atoms with Crippen molar-refractivity contribution in [3.05, 3.63) is 28.2 Å². The van der Waals surface area contributed by atoms with Gasteiger partial charge >= 0.3 is 0 Å². The van der Waals surface area contributed by atoms with E-state index in [9.17, 15) is 4.79 Å². The molecule has 0 radical (unpaired) electrons. The number of nitrogens with one attached hydrogen (secondary N) is 1. The van der Waals surface area contributed by atoms with Crippen molar-refractivity contribution in [1.29, 1.82) is 0 Å². The molecule has 1 aliphatic rings. The van der Waals surface area contributed by atoms with E-state index in [1.165, 1.54) is 5.56 Å². The Kier molecular flexibility index (Phi) is 4.40. The topological polar surface area (TPSA) is 32.3 Å². The van der Waals surface area contributed by atoms with Crippen LogP contribution in [0.15, 0.2) is 22.7 Å². The molecule has 4 heteroatoms. The van der Waals surface area contributed by atoms with Crippen LogP contribution >= 0.6 is 15.9 Å². The van der Waals surface area contributed by atoms with E-state index in [1.54, 1.807) is 0 Å². The summed E-state index contributed by atoms with van der Waals surface area (Å²) in [6.45, 7) is 5.71. The fraction of sp³-hybridized carbons (Fsp3) is 0.500. The summed E-state index contributed by atoms with van der Waals surface area (Å²) in [6.07, 6.45) is 2.14. The maximum absolute atomic E-state index is 12.4. The molecule has 1 N–H and O–H groups in total. The second-order valence-electron chi connectivity index (χ2n) is 4.83. The van der Waals surface area contributed by atoms with Crippen LogP contribution in [0.5, 0.6) is 0 Å². The van der Waals surface area contributed by atoms with Gasteiger partial charge in [-0.25, -0.2) is 0 Å². The maximum Gasteiger partial charge on any atom is 0.243 e. The highest BCUT2D eigenvalue weighted by atomic mass is 79.9. The van der Waals surface area contributed by atoms with Crippen molar-refractivity contribution in [1.82, 2.24) is 5.32 Å². The second kappa shape index (κ2) is 5.85. The van der Waals surface area contributed by atoms with Gasteiger partial charge in [0.2, 0.25) is 5.91 Å². The number of aryl methyl sites for hydroxylation is 1. The number of carbonyl (C=O) groups is 1. The Labute approximate surface area is 117 Å². The number of nitrogens with zero attached hydrogens (tertiary/aromatic N) is 1. The monoisotopic (exact) mass is 310 g/mol. The van der Waals surface area contributed by atoms with Crippen molar-refractivity contribution >= 4 is 27.5 Å². The molecule has 1 fully saturated rings. The normalized spacial score (nSPS) is 21.6. The average Bonchev–Trinajstić information content (AvgIpc) is 2.32. The van der Waals surface area contributed by atoms with Gasteiger partial charge in [0, 0.05) is 11.0 Å². The Morgan fingerprint density at radius 1 is 1.39 bits per heavy atom. The lowest BCUT2D eigenvalue weighted by Crippen LogP contribution is -2.47. The summed E-state index contributed by atoms with van der Waals surface area (Å²) in [7, 11) is 0. The first-order valence-corrected chi connectivity index (χ1v) is 7.20. The SMILES string of the molecule is Cc1ccc(N2CCCCNC(C)C2=O)c(Br)c1. The van der Waals surface area contributed by atoms with Crippen molar-refractivity contribution in [2.24, 2.45) is 0 Å². The lowest BCUT2D eigenvalue weighted by Gasteiger charge is -2.29. The highest BCUT2D eigenvalue weighted by molar-refractivity contribution is 9.10. The molecule has 2 rings (SSSR count). The minimum Gasteiger partial charge on any atom is -0.310 e. The summed E-state index contributed by atoms with van der Waals surface area (Å²) in [4.78, 5) is 14.3. The number of amides is 1. The quantitative estimate of drug-likeness (QED) is 0.865. The van der Waals surface area contributed by atoms with Crippen LogP contribution in [0.25, 0.3) is 0 Å². The molecular weight excluding hydrogens is 292 g/mol. The third-order valence-corrected chi connectivity index (χ3v) is 3.92. The fourth-order valence-electron chi connectivity index (χ4n) is 2.21. The van der Waals surface area contributed by atoms with Gasteiger partial charge in [-0.1, -0.05) is 6.07 Å². The molecule has 98 valence electrons. The van der Waals surface area contributed by atoms with Crippen LogP contribution in [-0.4, -0.2) is 25.0 Å². The molecule has 0 saturated carbocycles. The van der Waals surface area contributed by atoms with Crippen molar-refractivity contribution in [2.75, 3.05) is 18.0 Å². The van der Waals surface area contributed by atoms with Crippen molar-refractivity contribution in [3.8, 4) is 0 Å². The first-order chi connectivity index (χ1) is 8.59. The number of rotatable bonds is 1. The fourth-order valence-corrected chi connectivity index (χ4v) is 2.92. The number of hydrogen-bond acceptors (Lipinski definition) is 2. The van der Waals surface area contributed by atoms with Crippen LogP contribution in [0.2, 0.25) is 0 Å². The van der Waals surface area contributed by atoms with Gasteiger partial charge in [0.25, 0.3) is 0 Å². The molecule has 1 saturated heterocycles. The molecule has 0 aromatic heterocycles. The minimum absolute atomic E-state index is 0.112. The van der Waals surface area contributed by atoms with Crippen LogP contribution in [0.3, 0.4) is 0 Å². The Bertz CT molecular complexity index is 447. The highest BCUT2D eigenvalue weighted by Gasteiger charge is 2.24. The first-order valence-electron chi connectivity index (χ1n) is 6.40. The van der Waals surface area contributed by atoms with Gasteiger partial charge in [-0.05, 0) is 66.9 Å². The van der Waals surface area contributed by atoms with Gasteiger partial charge < -0.3 is 10.2 Å². The predicted octanol–water partition coefficient (Wildman–Crippen LogP) is 2.86. The standard InChI is InChI=1S/C14H19BrN2O/c1-10-5-6-13(12(15)9-10)17-8-4-3-7-16-11(2)14(17)18/h5-6,9,11,16H,3-4,7-8H2,1-2H3. The summed E-state index contributed by atoms with van der Waals surface area (Å²) < 4.78 is 0.989. The summed E-state index contributed by atoms with van der Waals surface area (Å²) in [5.41, 5.74) is 2.16. The van der Waals surface area contributed by atoms with E-state index in [4.69, 9.17) is 0 Å². The Hall–Kier alpha value is -0.870. The van der Waals surface area contributed by atoms with E-state index in [-0.39, 0.29) is 11.9 Å². The summed E-state index contributed by atoms with van der Waals surface area (Å²) in [5.74, 6) is 0.152. The van der Waals surface area contributed by atoms with Crippen LogP contribution in [0, 0.1) is 6.92 Å². The molecule has 1 aromatic carbocycles. The zero-order valence-electron chi connectivity index (χ0n) is 10.9. The summed E-state index contributed by atoms with van der Waals surface area (Å²) in [5, 5.41) is 3.26. The van der Waals surface area contributed by atoms with Crippen molar-refractivity contribution < 1.29 is 4.79 Å². The molecule has 1 amide bonds. The maximum atomic E-state index is 12.4. The van der Waals surface area contributed by atoms with Gasteiger partial charge in [0.1, 0.15) is 0 Å². The molecule has 0 spiro atoms. The molecule has 1 aliphatic heterocycles. The highest BCUT2D eigenvalue weighted by Crippen LogP contribution is 2.28. The lowest BCUT2D eigenvalue weighted by atomic mass is 10.1. The van der Waals surface area contributed by atoms with Gasteiger partial charge in [0.15, 0.2) is 0 Å². The molecule has 0 aliphatic carbocycles. The predicted molar refractivity (Wildman–Crippen MR) is 77.9 cm³/mol. The molecule has 1 heterocycles. The molecule has 1 aromatic rings. The summed E-state index contributed by atoms with van der Waals surface area (Å²) in [6, 6.07) is 6.01. The van der Waals surface area contributed by atoms with E-state index < -0.39 is 0 Å². The molecule has 18 heavy (non-hydrogen) atoms. The zero-order chi connectivity index (χ0) is 13.1. The molecule has 1 atom stereocenters. The van der Waals surface area contributed by atoms with Crippen molar-refractivity contribution in [2.45, 2.75) is 32.7 Å². The number of anilines is 1. The number of hydrogen-bond donors (Lipinski definition) is 1. The van der Waals surface area contributed by atoms with Gasteiger partial charge in [0.05, 0.1) is 11.7 Å². The van der Waals surface area contributed by atoms with Crippen LogP contribution < -0.4 is 10.2 Å². The van der Waals surface area contributed by atoms with E-state index in [2.05, 4.69) is 27.3 Å². The van der Waals surface area contributed by atoms with Crippen LogP contribution in [0.4, 0.5) is 5.69 Å². The third kappa shape index (κ3) is 2.93. The van der Waals surface area contributed by atoms with E-state index in [1.807, 2.05) is 30.9 Å². The molecular formula is C14H19BrN2O. The largest absolute Gasteiger partial charge is 0.310 e. The van der Waals surface area contributed by atoms with Gasteiger partial charge in [-0.2, -0.15) is 0 Å². The summed E-state index contributed by atoms with van der Waals surface area (Å²) >= 11 is 3.56. The Balaban J connectivity index is 2.30. The average molecular weight is 311 g/mol. The molecule has 1 unspecified atom stereocenters. The van der Waals surface area contributed by atoms with Crippen LogP contribution in [-0.2, 0) is 4.79 Å². The number of carbonyl (C=O) groups excluding carboxylic acids is 1. The van der Waals surface area contributed by atoms with E-state index in [0.29, 0.717) is 0 Å². The van der Waals surface area contributed by atoms with Crippen LogP contribution in [0.1, 0.15) is 25.3 Å². The minimum atomic E-state index is -0.112. The first kappa shape index (κ1) is 13.6. The zero-order valence-corrected chi connectivity index (χ0v) is 12.5. The second-order valence-corrected chi connectivity index (χ2v) is 5.68. The van der Waals surface area contributed by atoms with E-state index in [0.717, 1.165) is 36.1 Å².